The number of urea groups is 1. The highest BCUT2D eigenvalue weighted by atomic mass is 16.5. The minimum absolute atomic E-state index is 0.0897. The molecule has 0 aliphatic carbocycles. The minimum Gasteiger partial charge on any atom is -0.480 e. The van der Waals surface area contributed by atoms with Gasteiger partial charge < -0.3 is 20.5 Å². The van der Waals surface area contributed by atoms with E-state index in [2.05, 4.69) is 10.6 Å². The zero-order chi connectivity index (χ0) is 14.0. The summed E-state index contributed by atoms with van der Waals surface area (Å²) in [7, 11) is 1.49. The van der Waals surface area contributed by atoms with Crippen LogP contribution in [-0.2, 0) is 9.53 Å². The monoisotopic (exact) mass is 260 g/mol. The SMILES string of the molecule is CCCC(CC)NC(=O)NC(CCOC)C(=O)O. The first-order chi connectivity index (χ1) is 8.54. The number of hydrogen-bond donors (Lipinski definition) is 3. The van der Waals surface area contributed by atoms with Crippen molar-refractivity contribution in [3.8, 4) is 0 Å². The smallest absolute Gasteiger partial charge is 0.326 e. The summed E-state index contributed by atoms with van der Waals surface area (Å²) in [4.78, 5) is 22.6. The van der Waals surface area contributed by atoms with Gasteiger partial charge in [-0.25, -0.2) is 9.59 Å². The molecule has 106 valence electrons. The van der Waals surface area contributed by atoms with Crippen molar-refractivity contribution < 1.29 is 19.4 Å². The maximum Gasteiger partial charge on any atom is 0.326 e. The Balaban J connectivity index is 4.19. The van der Waals surface area contributed by atoms with Crippen LogP contribution in [0.2, 0.25) is 0 Å². The Kier molecular flexibility index (Phi) is 9.00. The Morgan fingerprint density at radius 2 is 1.89 bits per heavy atom. The van der Waals surface area contributed by atoms with Crippen LogP contribution in [0.5, 0.6) is 0 Å². The predicted molar refractivity (Wildman–Crippen MR) is 68.6 cm³/mol. The van der Waals surface area contributed by atoms with Crippen molar-refractivity contribution in [1.29, 1.82) is 0 Å². The quantitative estimate of drug-likeness (QED) is 0.584. The van der Waals surface area contributed by atoms with Crippen molar-refractivity contribution >= 4 is 12.0 Å². The van der Waals surface area contributed by atoms with E-state index in [1.54, 1.807) is 0 Å². The standard InChI is InChI=1S/C12H24N2O4/c1-4-6-9(5-2)13-12(17)14-10(11(15)16)7-8-18-3/h9-10H,4-8H2,1-3H3,(H,15,16)(H2,13,14,17). The lowest BCUT2D eigenvalue weighted by molar-refractivity contribution is -0.139. The molecule has 6 heteroatoms. The molecule has 2 atom stereocenters. The number of ether oxygens (including phenoxy) is 1. The first-order valence-electron chi connectivity index (χ1n) is 6.33. The van der Waals surface area contributed by atoms with Crippen molar-refractivity contribution in [2.75, 3.05) is 13.7 Å². The third kappa shape index (κ3) is 7.11. The number of carboxylic acid groups (broad SMARTS) is 1. The lowest BCUT2D eigenvalue weighted by atomic mass is 10.1. The molecule has 0 aromatic heterocycles. The van der Waals surface area contributed by atoms with Gasteiger partial charge >= 0.3 is 12.0 Å². The Morgan fingerprint density at radius 3 is 2.33 bits per heavy atom. The molecule has 0 bridgehead atoms. The fraction of sp³-hybridized carbons (Fsp3) is 0.833. The molecule has 0 aromatic rings. The maximum absolute atomic E-state index is 11.6. The van der Waals surface area contributed by atoms with E-state index in [4.69, 9.17) is 9.84 Å². The van der Waals surface area contributed by atoms with E-state index in [-0.39, 0.29) is 12.5 Å². The van der Waals surface area contributed by atoms with Crippen molar-refractivity contribution in [2.24, 2.45) is 0 Å². The van der Waals surface area contributed by atoms with Crippen LogP contribution in [0, 0.1) is 0 Å². The van der Waals surface area contributed by atoms with Crippen LogP contribution in [0.3, 0.4) is 0 Å². The van der Waals surface area contributed by atoms with Crippen LogP contribution in [-0.4, -0.2) is 42.9 Å². The lowest BCUT2D eigenvalue weighted by Crippen LogP contribution is -2.49. The summed E-state index contributed by atoms with van der Waals surface area (Å²) >= 11 is 0. The Morgan fingerprint density at radius 1 is 1.22 bits per heavy atom. The number of carbonyl (C=O) groups is 2. The number of methoxy groups -OCH3 is 1. The molecule has 0 aliphatic heterocycles. The van der Waals surface area contributed by atoms with Crippen LogP contribution >= 0.6 is 0 Å². The van der Waals surface area contributed by atoms with Gasteiger partial charge in [-0.05, 0) is 12.8 Å². The van der Waals surface area contributed by atoms with Gasteiger partial charge in [-0.1, -0.05) is 20.3 Å². The van der Waals surface area contributed by atoms with Crippen LogP contribution in [0.4, 0.5) is 4.79 Å². The molecular weight excluding hydrogens is 236 g/mol. The van der Waals surface area contributed by atoms with Crippen LogP contribution in [0.25, 0.3) is 0 Å². The van der Waals surface area contributed by atoms with E-state index in [0.717, 1.165) is 19.3 Å². The van der Waals surface area contributed by atoms with Crippen LogP contribution in [0.1, 0.15) is 39.5 Å². The van der Waals surface area contributed by atoms with Gasteiger partial charge in [0.05, 0.1) is 0 Å². The highest BCUT2D eigenvalue weighted by molar-refractivity contribution is 5.82. The van der Waals surface area contributed by atoms with E-state index in [1.165, 1.54) is 7.11 Å². The van der Waals surface area contributed by atoms with Gasteiger partial charge in [-0.2, -0.15) is 0 Å². The van der Waals surface area contributed by atoms with E-state index >= 15 is 0 Å². The Hall–Kier alpha value is -1.30. The molecule has 6 nitrogen and oxygen atoms in total. The molecule has 0 heterocycles. The van der Waals surface area contributed by atoms with Crippen molar-refractivity contribution in [1.82, 2.24) is 10.6 Å². The summed E-state index contributed by atoms with van der Waals surface area (Å²) in [6, 6.07) is -1.25. The number of hydrogen-bond acceptors (Lipinski definition) is 3. The summed E-state index contributed by atoms with van der Waals surface area (Å²) in [5.41, 5.74) is 0. The fourth-order valence-corrected chi connectivity index (χ4v) is 1.61. The molecule has 0 aliphatic rings. The summed E-state index contributed by atoms with van der Waals surface area (Å²) in [6.45, 7) is 4.32. The van der Waals surface area contributed by atoms with Gasteiger partial charge in [0, 0.05) is 26.2 Å². The van der Waals surface area contributed by atoms with Gasteiger partial charge in [0.2, 0.25) is 0 Å². The molecule has 0 saturated carbocycles. The molecule has 0 fully saturated rings. The number of amides is 2. The molecule has 0 aromatic carbocycles. The highest BCUT2D eigenvalue weighted by Gasteiger charge is 2.20. The third-order valence-electron chi connectivity index (χ3n) is 2.68. The second-order valence-corrected chi connectivity index (χ2v) is 4.18. The van der Waals surface area contributed by atoms with Crippen LogP contribution < -0.4 is 10.6 Å². The van der Waals surface area contributed by atoms with Crippen molar-refractivity contribution in [2.45, 2.75) is 51.6 Å². The summed E-state index contributed by atoms with van der Waals surface area (Å²) < 4.78 is 4.81. The normalized spacial score (nSPS) is 13.7. The molecule has 0 saturated heterocycles. The number of carboxylic acids is 1. The molecule has 0 rings (SSSR count). The van der Waals surface area contributed by atoms with Crippen molar-refractivity contribution in [3.63, 3.8) is 0 Å². The third-order valence-corrected chi connectivity index (χ3v) is 2.68. The van der Waals surface area contributed by atoms with E-state index in [0.29, 0.717) is 6.61 Å². The summed E-state index contributed by atoms with van der Waals surface area (Å²) in [5.74, 6) is -1.05. The largest absolute Gasteiger partial charge is 0.480 e. The van der Waals surface area contributed by atoms with Gasteiger partial charge in [0.15, 0.2) is 0 Å². The van der Waals surface area contributed by atoms with Crippen LogP contribution in [0.15, 0.2) is 0 Å². The minimum atomic E-state index is -1.05. The van der Waals surface area contributed by atoms with Gasteiger partial charge in [0.25, 0.3) is 0 Å². The number of rotatable bonds is 9. The second kappa shape index (κ2) is 9.70. The van der Waals surface area contributed by atoms with Gasteiger partial charge in [-0.15, -0.1) is 0 Å². The summed E-state index contributed by atoms with van der Waals surface area (Å²) in [6.07, 6.45) is 2.95. The molecule has 18 heavy (non-hydrogen) atoms. The predicted octanol–water partition coefficient (Wildman–Crippen LogP) is 1.35. The highest BCUT2D eigenvalue weighted by Crippen LogP contribution is 2.01. The van der Waals surface area contributed by atoms with E-state index in [9.17, 15) is 9.59 Å². The number of nitrogens with one attached hydrogen (secondary N) is 2. The Bertz CT molecular complexity index is 258. The van der Waals surface area contributed by atoms with E-state index in [1.807, 2.05) is 13.8 Å². The topological polar surface area (TPSA) is 87.7 Å². The number of carbonyl (C=O) groups excluding carboxylic acids is 1. The zero-order valence-corrected chi connectivity index (χ0v) is 11.4. The average Bonchev–Trinajstić information content (AvgIpc) is 2.33. The van der Waals surface area contributed by atoms with Gasteiger partial charge in [-0.3, -0.25) is 0 Å². The summed E-state index contributed by atoms with van der Waals surface area (Å²) in [5, 5.41) is 14.2. The Labute approximate surface area is 108 Å². The average molecular weight is 260 g/mol. The first-order valence-corrected chi connectivity index (χ1v) is 6.33. The fourth-order valence-electron chi connectivity index (χ4n) is 1.61. The zero-order valence-electron chi connectivity index (χ0n) is 11.4. The lowest BCUT2D eigenvalue weighted by Gasteiger charge is -2.19. The molecule has 2 amide bonds. The molecule has 2 unspecified atom stereocenters. The number of aliphatic carboxylic acids is 1. The first kappa shape index (κ1) is 16.7. The maximum atomic E-state index is 11.6. The molecule has 0 radical (unpaired) electrons. The molecular formula is C12H24N2O4. The molecule has 3 N–H and O–H groups in total. The second-order valence-electron chi connectivity index (χ2n) is 4.18. The van der Waals surface area contributed by atoms with Gasteiger partial charge in [0.1, 0.15) is 6.04 Å². The van der Waals surface area contributed by atoms with Crippen molar-refractivity contribution in [3.05, 3.63) is 0 Å². The molecule has 0 spiro atoms. The van der Waals surface area contributed by atoms with E-state index < -0.39 is 18.0 Å².